The van der Waals surface area contributed by atoms with Crippen molar-refractivity contribution in [3.05, 3.63) is 61.1 Å². The first-order chi connectivity index (χ1) is 15.9. The average molecular weight is 463 g/mol. The smallest absolute Gasteiger partial charge is 0.213 e. The fourth-order valence-electron chi connectivity index (χ4n) is 4.04. The van der Waals surface area contributed by atoms with Gasteiger partial charge in [-0.2, -0.15) is 19.8 Å². The maximum Gasteiger partial charge on any atom is 0.213 e. The molecule has 1 N–H and O–H groups in total. The van der Waals surface area contributed by atoms with Gasteiger partial charge in [0.1, 0.15) is 11.4 Å². The van der Waals surface area contributed by atoms with E-state index in [-0.39, 0.29) is 25.3 Å². The van der Waals surface area contributed by atoms with E-state index in [1.54, 1.807) is 28.5 Å². The minimum Gasteiger partial charge on any atom is -0.340 e. The second-order valence-corrected chi connectivity index (χ2v) is 10.3. The lowest BCUT2D eigenvalue weighted by atomic mass is 9.89. The van der Waals surface area contributed by atoms with E-state index in [9.17, 15) is 13.7 Å². The number of sulfonamides is 1. The van der Waals surface area contributed by atoms with Crippen LogP contribution in [0.25, 0.3) is 16.9 Å². The number of nitriles is 1. The number of benzene rings is 1. The maximum atomic E-state index is 12.2. The highest BCUT2D eigenvalue weighted by Crippen LogP contribution is 2.35. The van der Waals surface area contributed by atoms with Gasteiger partial charge in [0, 0.05) is 42.7 Å². The molecule has 0 amide bonds. The predicted molar refractivity (Wildman–Crippen MR) is 123 cm³/mol. The van der Waals surface area contributed by atoms with Gasteiger partial charge >= 0.3 is 0 Å². The molecular weight excluding hydrogens is 440 g/mol. The summed E-state index contributed by atoms with van der Waals surface area (Å²) >= 11 is 0. The van der Waals surface area contributed by atoms with Crippen LogP contribution >= 0.6 is 0 Å². The van der Waals surface area contributed by atoms with Gasteiger partial charge in [-0.3, -0.25) is 4.68 Å². The molecule has 33 heavy (non-hydrogen) atoms. The Balaban J connectivity index is 1.50. The van der Waals surface area contributed by atoms with Crippen LogP contribution in [0.15, 0.2) is 61.1 Å². The Morgan fingerprint density at radius 2 is 1.97 bits per heavy atom. The van der Waals surface area contributed by atoms with Crippen molar-refractivity contribution < 1.29 is 8.42 Å². The second kappa shape index (κ2) is 7.99. The van der Waals surface area contributed by atoms with Crippen molar-refractivity contribution in [3.63, 3.8) is 0 Å². The van der Waals surface area contributed by atoms with E-state index in [4.69, 9.17) is 0 Å². The molecule has 0 aliphatic carbocycles. The van der Waals surface area contributed by atoms with Crippen molar-refractivity contribution in [1.82, 2.24) is 28.7 Å². The monoisotopic (exact) mass is 462 g/mol. The zero-order valence-corrected chi connectivity index (χ0v) is 18.8. The third-order valence-corrected chi connectivity index (χ3v) is 7.65. The maximum absolute atomic E-state index is 12.2. The lowest BCUT2D eigenvalue weighted by Crippen LogP contribution is -2.64. The molecule has 0 saturated carbocycles. The topological polar surface area (TPSA) is 121 Å². The van der Waals surface area contributed by atoms with E-state index in [1.807, 2.05) is 48.7 Å². The summed E-state index contributed by atoms with van der Waals surface area (Å²) < 4.78 is 29.3. The van der Waals surface area contributed by atoms with E-state index in [2.05, 4.69) is 26.6 Å². The standard InChI is InChI=1S/C22H22N8O2S/c1-2-33(31,32)28-15-22(16-28,9-10-23)29-14-17(13-25-29)19-12-20(26-18-6-4-3-5-7-18)27-21-8-11-24-30(19)21/h3-8,11-14H,2,9,15-16H2,1H3,(H,26,27). The van der Waals surface area contributed by atoms with Crippen LogP contribution in [0.1, 0.15) is 13.3 Å². The molecule has 5 rings (SSSR count). The lowest BCUT2D eigenvalue weighted by molar-refractivity contribution is 0.0719. The predicted octanol–water partition coefficient (Wildman–Crippen LogP) is 2.61. The van der Waals surface area contributed by atoms with Crippen molar-refractivity contribution in [2.75, 3.05) is 24.2 Å². The van der Waals surface area contributed by atoms with Crippen LogP contribution < -0.4 is 5.32 Å². The number of rotatable bonds is 7. The van der Waals surface area contributed by atoms with Gasteiger partial charge in [-0.1, -0.05) is 18.2 Å². The van der Waals surface area contributed by atoms with Gasteiger partial charge < -0.3 is 5.32 Å². The molecule has 1 fully saturated rings. The number of anilines is 2. The molecular formula is C22H22N8O2S. The van der Waals surface area contributed by atoms with Gasteiger partial charge in [0.25, 0.3) is 0 Å². The highest BCUT2D eigenvalue weighted by molar-refractivity contribution is 7.89. The van der Waals surface area contributed by atoms with Crippen LogP contribution in [0.4, 0.5) is 11.5 Å². The fourth-order valence-corrected chi connectivity index (χ4v) is 5.28. The highest BCUT2D eigenvalue weighted by Gasteiger charge is 2.49. The summed E-state index contributed by atoms with van der Waals surface area (Å²) in [6.07, 6.45) is 5.40. The molecule has 4 aromatic rings. The Labute approximate surface area is 191 Å². The zero-order chi connectivity index (χ0) is 23.1. The first-order valence-electron chi connectivity index (χ1n) is 10.5. The van der Waals surface area contributed by atoms with Crippen molar-refractivity contribution in [1.29, 1.82) is 5.26 Å². The van der Waals surface area contributed by atoms with Crippen LogP contribution in [0.2, 0.25) is 0 Å². The largest absolute Gasteiger partial charge is 0.340 e. The van der Waals surface area contributed by atoms with Gasteiger partial charge in [0.2, 0.25) is 10.0 Å². The molecule has 0 atom stereocenters. The van der Waals surface area contributed by atoms with Crippen molar-refractivity contribution >= 4 is 27.2 Å². The number of aromatic nitrogens is 5. The zero-order valence-electron chi connectivity index (χ0n) is 18.0. The number of hydrogen-bond acceptors (Lipinski definition) is 7. The highest BCUT2D eigenvalue weighted by atomic mass is 32.2. The van der Waals surface area contributed by atoms with Gasteiger partial charge in [0.05, 0.1) is 36.3 Å². The summed E-state index contributed by atoms with van der Waals surface area (Å²) in [4.78, 5) is 4.62. The van der Waals surface area contributed by atoms with E-state index in [0.29, 0.717) is 11.5 Å². The van der Waals surface area contributed by atoms with Crippen molar-refractivity contribution in [2.24, 2.45) is 0 Å². The molecule has 10 nitrogen and oxygen atoms in total. The molecule has 1 aliphatic heterocycles. The van der Waals surface area contributed by atoms with E-state index >= 15 is 0 Å². The lowest BCUT2D eigenvalue weighted by Gasteiger charge is -2.47. The van der Waals surface area contributed by atoms with Crippen LogP contribution in [0, 0.1) is 11.3 Å². The Kier molecular flexibility index (Phi) is 5.11. The van der Waals surface area contributed by atoms with Crippen LogP contribution in [-0.4, -0.2) is 55.9 Å². The van der Waals surface area contributed by atoms with Gasteiger partial charge in [0.15, 0.2) is 5.65 Å². The summed E-state index contributed by atoms with van der Waals surface area (Å²) in [6.45, 7) is 2.07. The molecule has 11 heteroatoms. The molecule has 1 aromatic carbocycles. The first-order valence-corrected chi connectivity index (χ1v) is 12.1. The Hall–Kier alpha value is -3.75. The number of para-hydroxylation sites is 1. The van der Waals surface area contributed by atoms with Crippen molar-refractivity contribution in [3.8, 4) is 17.3 Å². The summed E-state index contributed by atoms with van der Waals surface area (Å²) in [7, 11) is -3.31. The van der Waals surface area contributed by atoms with Crippen LogP contribution in [0.5, 0.6) is 0 Å². The molecule has 0 radical (unpaired) electrons. The Morgan fingerprint density at radius 3 is 2.70 bits per heavy atom. The quantitative estimate of drug-likeness (QED) is 0.448. The first kappa shape index (κ1) is 21.1. The minimum absolute atomic E-state index is 0.0332. The van der Waals surface area contributed by atoms with Gasteiger partial charge in [-0.25, -0.2) is 17.9 Å². The van der Waals surface area contributed by atoms with Crippen LogP contribution in [0.3, 0.4) is 0 Å². The SMILES string of the molecule is CCS(=O)(=O)N1CC(CC#N)(n2cc(-c3cc(Nc4ccccc4)nc4ccnn34)cn2)C1. The van der Waals surface area contributed by atoms with Gasteiger partial charge in [-0.15, -0.1) is 0 Å². The molecule has 0 spiro atoms. The molecule has 0 bridgehead atoms. The number of nitrogens with one attached hydrogen (secondary N) is 1. The summed E-state index contributed by atoms with van der Waals surface area (Å²) in [5.74, 6) is 0.693. The molecule has 1 aliphatic rings. The van der Waals surface area contributed by atoms with Gasteiger partial charge in [-0.05, 0) is 19.1 Å². The van der Waals surface area contributed by atoms with E-state index < -0.39 is 15.6 Å². The molecule has 0 unspecified atom stereocenters. The number of hydrogen-bond donors (Lipinski definition) is 1. The Morgan fingerprint density at radius 1 is 1.18 bits per heavy atom. The number of fused-ring (bicyclic) bond motifs is 1. The van der Waals surface area contributed by atoms with E-state index in [1.165, 1.54) is 4.31 Å². The number of nitrogens with zero attached hydrogens (tertiary/aromatic N) is 7. The van der Waals surface area contributed by atoms with Crippen LogP contribution in [-0.2, 0) is 15.6 Å². The minimum atomic E-state index is -3.31. The third-order valence-electron chi connectivity index (χ3n) is 5.88. The molecule has 1 saturated heterocycles. The average Bonchev–Trinajstić information content (AvgIpc) is 3.46. The molecule has 3 aromatic heterocycles. The van der Waals surface area contributed by atoms with Crippen molar-refractivity contribution in [2.45, 2.75) is 18.9 Å². The summed E-state index contributed by atoms with van der Waals surface area (Å²) in [5.41, 5.74) is 2.47. The van der Waals surface area contributed by atoms with E-state index in [0.717, 1.165) is 16.9 Å². The molecule has 168 valence electrons. The summed E-state index contributed by atoms with van der Waals surface area (Å²) in [5, 5.41) is 21.6. The molecule has 4 heterocycles. The second-order valence-electron chi connectivity index (χ2n) is 8.02. The summed E-state index contributed by atoms with van der Waals surface area (Å²) in [6, 6.07) is 15.6. The normalized spacial score (nSPS) is 15.8. The Bertz CT molecular complexity index is 1450. The third kappa shape index (κ3) is 3.73. The fraction of sp³-hybridized carbons (Fsp3) is 0.273.